The van der Waals surface area contributed by atoms with Crippen LogP contribution >= 0.6 is 0 Å². The molecule has 1 aromatic rings. The summed E-state index contributed by atoms with van der Waals surface area (Å²) in [5.74, 6) is -0.167. The lowest BCUT2D eigenvalue weighted by atomic mass is 10.0. The van der Waals surface area contributed by atoms with Crippen LogP contribution in [0.3, 0.4) is 0 Å². The number of likely N-dealkylation sites (N-methyl/N-ethyl adjacent to an activating group) is 2. The minimum Gasteiger partial charge on any atom is -0.308 e. The van der Waals surface area contributed by atoms with Crippen molar-refractivity contribution in [2.24, 2.45) is 0 Å². The van der Waals surface area contributed by atoms with Gasteiger partial charge < -0.3 is 4.90 Å². The minimum absolute atomic E-state index is 0.167. The zero-order valence-corrected chi connectivity index (χ0v) is 11.3. The first kappa shape index (κ1) is 14.1. The second kappa shape index (κ2) is 6.72. The summed E-state index contributed by atoms with van der Waals surface area (Å²) in [7, 11) is 6.28. The van der Waals surface area contributed by atoms with Crippen molar-refractivity contribution >= 4 is 0 Å². The van der Waals surface area contributed by atoms with Gasteiger partial charge in [-0.05, 0) is 45.3 Å². The quantitative estimate of drug-likeness (QED) is 0.752. The van der Waals surface area contributed by atoms with Gasteiger partial charge in [0.2, 0.25) is 0 Å². The molecule has 1 atom stereocenters. The molecule has 0 aliphatic carbocycles. The van der Waals surface area contributed by atoms with Gasteiger partial charge in [-0.25, -0.2) is 4.39 Å². The van der Waals surface area contributed by atoms with Gasteiger partial charge in [0.05, 0.1) is 0 Å². The molecule has 0 aliphatic rings. The van der Waals surface area contributed by atoms with Gasteiger partial charge in [0.25, 0.3) is 0 Å². The van der Waals surface area contributed by atoms with Gasteiger partial charge in [-0.1, -0.05) is 19.1 Å². The van der Waals surface area contributed by atoms with E-state index in [0.717, 1.165) is 19.5 Å². The topological polar surface area (TPSA) is 6.48 Å². The fourth-order valence-corrected chi connectivity index (χ4v) is 2.00. The normalized spacial score (nSPS) is 13.4. The van der Waals surface area contributed by atoms with Gasteiger partial charge in [0, 0.05) is 19.1 Å². The maximum absolute atomic E-state index is 12.9. The van der Waals surface area contributed by atoms with Gasteiger partial charge in [0.15, 0.2) is 0 Å². The van der Waals surface area contributed by atoms with E-state index in [1.54, 1.807) is 0 Å². The molecule has 0 fully saturated rings. The number of hydrogen-bond acceptors (Lipinski definition) is 2. The van der Waals surface area contributed by atoms with Crippen molar-refractivity contribution < 1.29 is 4.39 Å². The summed E-state index contributed by atoms with van der Waals surface area (Å²) in [5, 5.41) is 0. The molecule has 0 saturated carbocycles. The lowest BCUT2D eigenvalue weighted by Crippen LogP contribution is -2.31. The molecular formula is C14H23FN2. The SMILES string of the molecule is CC[C@@H](c1ccc(F)cc1)N(C)CCN(C)C. The summed E-state index contributed by atoms with van der Waals surface area (Å²) in [4.78, 5) is 4.50. The smallest absolute Gasteiger partial charge is 0.123 e. The molecular weight excluding hydrogens is 215 g/mol. The van der Waals surface area contributed by atoms with Crippen molar-refractivity contribution in [3.63, 3.8) is 0 Å². The molecule has 1 rings (SSSR count). The first-order chi connectivity index (χ1) is 8.04. The average molecular weight is 238 g/mol. The minimum atomic E-state index is -0.167. The van der Waals surface area contributed by atoms with E-state index in [9.17, 15) is 4.39 Å². The second-order valence-corrected chi connectivity index (χ2v) is 4.76. The standard InChI is InChI=1S/C14H23FN2/c1-5-14(17(4)11-10-16(2)3)12-6-8-13(15)9-7-12/h6-9,14H,5,10-11H2,1-4H3/t14-/m0/s1. The van der Waals surface area contributed by atoms with Crippen molar-refractivity contribution in [1.29, 1.82) is 0 Å². The Bertz CT molecular complexity index is 321. The van der Waals surface area contributed by atoms with Gasteiger partial charge in [0.1, 0.15) is 5.82 Å². The maximum atomic E-state index is 12.9. The predicted octanol–water partition coefficient (Wildman–Crippen LogP) is 2.77. The third-order valence-corrected chi connectivity index (χ3v) is 3.07. The van der Waals surface area contributed by atoms with Gasteiger partial charge in [-0.3, -0.25) is 4.90 Å². The molecule has 0 aliphatic heterocycles. The average Bonchev–Trinajstić information content (AvgIpc) is 2.30. The number of nitrogens with zero attached hydrogens (tertiary/aromatic N) is 2. The van der Waals surface area contributed by atoms with Gasteiger partial charge in [-0.2, -0.15) is 0 Å². The first-order valence-electron chi connectivity index (χ1n) is 6.15. The molecule has 0 spiro atoms. The maximum Gasteiger partial charge on any atom is 0.123 e. The van der Waals surface area contributed by atoms with Crippen molar-refractivity contribution in [2.45, 2.75) is 19.4 Å². The van der Waals surface area contributed by atoms with E-state index in [0.29, 0.717) is 6.04 Å². The second-order valence-electron chi connectivity index (χ2n) is 4.76. The molecule has 96 valence electrons. The van der Waals surface area contributed by atoms with Crippen LogP contribution in [-0.4, -0.2) is 44.0 Å². The summed E-state index contributed by atoms with van der Waals surface area (Å²) in [6.07, 6.45) is 1.04. The number of halogens is 1. The highest BCUT2D eigenvalue weighted by Crippen LogP contribution is 2.22. The van der Waals surface area contributed by atoms with E-state index in [1.807, 2.05) is 12.1 Å². The molecule has 0 unspecified atom stereocenters. The van der Waals surface area contributed by atoms with Crippen LogP contribution in [0, 0.1) is 5.82 Å². The molecule has 2 nitrogen and oxygen atoms in total. The Kier molecular flexibility index (Phi) is 5.59. The zero-order valence-electron chi connectivity index (χ0n) is 11.3. The largest absolute Gasteiger partial charge is 0.308 e. The Labute approximate surface area is 104 Å². The zero-order chi connectivity index (χ0) is 12.8. The fourth-order valence-electron chi connectivity index (χ4n) is 2.00. The summed E-state index contributed by atoms with van der Waals surface area (Å²) >= 11 is 0. The Morgan fingerprint density at radius 2 is 1.65 bits per heavy atom. The Morgan fingerprint density at radius 1 is 1.06 bits per heavy atom. The molecule has 0 heterocycles. The van der Waals surface area contributed by atoms with Crippen LogP contribution < -0.4 is 0 Å². The Balaban J connectivity index is 2.66. The van der Waals surface area contributed by atoms with E-state index in [2.05, 4.69) is 37.9 Å². The van der Waals surface area contributed by atoms with Crippen LogP contribution in [0.5, 0.6) is 0 Å². The van der Waals surface area contributed by atoms with Crippen LogP contribution in [-0.2, 0) is 0 Å². The van der Waals surface area contributed by atoms with Crippen molar-refractivity contribution in [3.8, 4) is 0 Å². The van der Waals surface area contributed by atoms with Gasteiger partial charge in [-0.15, -0.1) is 0 Å². The Hall–Kier alpha value is -0.930. The van der Waals surface area contributed by atoms with Crippen molar-refractivity contribution in [1.82, 2.24) is 9.80 Å². The highest BCUT2D eigenvalue weighted by atomic mass is 19.1. The molecule has 0 saturated heterocycles. The highest BCUT2D eigenvalue weighted by molar-refractivity contribution is 5.19. The third-order valence-electron chi connectivity index (χ3n) is 3.07. The van der Waals surface area contributed by atoms with Crippen LogP contribution in [0.1, 0.15) is 24.9 Å². The highest BCUT2D eigenvalue weighted by Gasteiger charge is 2.14. The number of rotatable bonds is 6. The van der Waals surface area contributed by atoms with Crippen LogP contribution in [0.4, 0.5) is 4.39 Å². The van der Waals surface area contributed by atoms with E-state index in [1.165, 1.54) is 17.7 Å². The molecule has 0 N–H and O–H groups in total. The summed E-state index contributed by atoms with van der Waals surface area (Å²) in [6, 6.07) is 7.22. The lowest BCUT2D eigenvalue weighted by Gasteiger charge is -2.28. The number of benzene rings is 1. The molecule has 0 bridgehead atoms. The molecule has 0 amide bonds. The molecule has 1 aromatic carbocycles. The predicted molar refractivity (Wildman–Crippen MR) is 70.6 cm³/mol. The Morgan fingerprint density at radius 3 is 2.12 bits per heavy atom. The summed E-state index contributed by atoms with van der Waals surface area (Å²) in [5.41, 5.74) is 1.19. The van der Waals surface area contributed by atoms with E-state index in [-0.39, 0.29) is 5.82 Å². The van der Waals surface area contributed by atoms with Crippen molar-refractivity contribution in [2.75, 3.05) is 34.2 Å². The molecule has 0 radical (unpaired) electrons. The lowest BCUT2D eigenvalue weighted by molar-refractivity contribution is 0.214. The van der Waals surface area contributed by atoms with E-state index < -0.39 is 0 Å². The molecule has 0 aromatic heterocycles. The summed E-state index contributed by atoms with van der Waals surface area (Å²) < 4.78 is 12.9. The monoisotopic (exact) mass is 238 g/mol. The van der Waals surface area contributed by atoms with Crippen LogP contribution in [0.25, 0.3) is 0 Å². The third kappa shape index (κ3) is 4.44. The molecule has 17 heavy (non-hydrogen) atoms. The molecule has 3 heteroatoms. The fraction of sp³-hybridized carbons (Fsp3) is 0.571. The van der Waals surface area contributed by atoms with Crippen LogP contribution in [0.2, 0.25) is 0 Å². The summed E-state index contributed by atoms with van der Waals surface area (Å²) in [6.45, 7) is 4.22. The number of hydrogen-bond donors (Lipinski definition) is 0. The van der Waals surface area contributed by atoms with E-state index >= 15 is 0 Å². The first-order valence-corrected chi connectivity index (χ1v) is 6.15. The van der Waals surface area contributed by atoms with E-state index in [4.69, 9.17) is 0 Å². The van der Waals surface area contributed by atoms with Gasteiger partial charge >= 0.3 is 0 Å². The van der Waals surface area contributed by atoms with Crippen molar-refractivity contribution in [3.05, 3.63) is 35.6 Å². The van der Waals surface area contributed by atoms with Crippen LogP contribution in [0.15, 0.2) is 24.3 Å².